The first-order valence-electron chi connectivity index (χ1n) is 16.1. The minimum atomic E-state index is -1.04. The molecule has 2 aromatic carbocycles. The number of benzene rings is 2. The van der Waals surface area contributed by atoms with Gasteiger partial charge in [-0.05, 0) is 50.4 Å². The van der Waals surface area contributed by atoms with E-state index in [1.807, 2.05) is 9.47 Å². The Hall–Kier alpha value is -4.27. The quantitative estimate of drug-likeness (QED) is 0.384. The average Bonchev–Trinajstić information content (AvgIpc) is 3.44. The second-order valence-electron chi connectivity index (χ2n) is 13.4. The van der Waals surface area contributed by atoms with Crippen LogP contribution in [0.2, 0.25) is 0 Å². The van der Waals surface area contributed by atoms with Crippen molar-refractivity contribution in [3.05, 3.63) is 76.1 Å². The number of nitrogens with zero attached hydrogens (tertiary/aromatic N) is 7. The van der Waals surface area contributed by atoms with Gasteiger partial charge in [0.15, 0.2) is 5.83 Å². The zero-order valence-electron chi connectivity index (χ0n) is 26.5. The van der Waals surface area contributed by atoms with E-state index in [2.05, 4.69) is 72.8 Å². The van der Waals surface area contributed by atoms with Crippen molar-refractivity contribution >= 4 is 28.2 Å². The van der Waals surface area contributed by atoms with Crippen LogP contribution in [0.4, 0.5) is 15.9 Å². The fourth-order valence-corrected chi connectivity index (χ4v) is 8.09. The molecule has 0 bridgehead atoms. The summed E-state index contributed by atoms with van der Waals surface area (Å²) in [5, 5.41) is 12.0. The minimum absolute atomic E-state index is 0.0330. The molecule has 3 saturated heterocycles. The molecule has 1 spiro atoms. The van der Waals surface area contributed by atoms with E-state index in [-0.39, 0.29) is 31.2 Å². The summed E-state index contributed by atoms with van der Waals surface area (Å²) in [7, 11) is 2.12. The van der Waals surface area contributed by atoms with Gasteiger partial charge in [0.25, 0.3) is 5.91 Å². The van der Waals surface area contributed by atoms with Gasteiger partial charge in [0.2, 0.25) is 0 Å². The largest absolute Gasteiger partial charge is 0.379 e. The number of rotatable bonds is 6. The highest BCUT2D eigenvalue weighted by Crippen LogP contribution is 2.46. The Bertz CT molecular complexity index is 1810. The van der Waals surface area contributed by atoms with Gasteiger partial charge in [0, 0.05) is 61.1 Å². The second-order valence-corrected chi connectivity index (χ2v) is 13.4. The molecule has 0 radical (unpaired) electrons. The molecule has 0 aliphatic carbocycles. The van der Waals surface area contributed by atoms with E-state index in [1.165, 1.54) is 21.2 Å². The third kappa shape index (κ3) is 5.04. The molecule has 3 fully saturated rings. The Morgan fingerprint density at radius 3 is 2.61 bits per heavy atom. The number of aromatic nitrogens is 2. The molecule has 1 aromatic heterocycles. The van der Waals surface area contributed by atoms with Gasteiger partial charge in [0.1, 0.15) is 5.82 Å². The molecule has 10 nitrogen and oxygen atoms in total. The number of ether oxygens (including phenoxy) is 1. The van der Waals surface area contributed by atoms with Crippen LogP contribution in [-0.4, -0.2) is 90.3 Å². The molecule has 0 N–H and O–H groups in total. The maximum atomic E-state index is 14.1. The van der Waals surface area contributed by atoms with Gasteiger partial charge in [-0.1, -0.05) is 36.9 Å². The highest BCUT2D eigenvalue weighted by molar-refractivity contribution is 5.97. The fraction of sp³-hybridized carbons (Fsp3) is 0.486. The molecule has 2 atom stereocenters. The number of halogens is 1. The lowest BCUT2D eigenvalue weighted by atomic mass is 9.74. The number of hydrogen-bond acceptors (Lipinski definition) is 8. The van der Waals surface area contributed by atoms with Gasteiger partial charge in [-0.25, -0.2) is 9.18 Å². The number of likely N-dealkylation sites (tertiary alicyclic amines) is 1. The molecular formula is C35H40FN7O3. The van der Waals surface area contributed by atoms with Crippen molar-refractivity contribution < 1.29 is 13.9 Å². The number of anilines is 2. The van der Waals surface area contributed by atoms with E-state index in [0.717, 1.165) is 36.3 Å². The molecule has 1 amide bonds. The zero-order chi connectivity index (χ0) is 32.2. The highest BCUT2D eigenvalue weighted by atomic mass is 19.1. The van der Waals surface area contributed by atoms with Crippen molar-refractivity contribution in [3.8, 4) is 6.07 Å². The number of fused-ring (bicyclic) bond motifs is 3. The Kier molecular flexibility index (Phi) is 7.81. The molecule has 240 valence electrons. The van der Waals surface area contributed by atoms with Gasteiger partial charge >= 0.3 is 5.69 Å². The Balaban J connectivity index is 1.36. The van der Waals surface area contributed by atoms with E-state index < -0.39 is 23.2 Å². The predicted octanol–water partition coefficient (Wildman–Crippen LogP) is 3.50. The number of carbonyl (C=O) groups excluding carboxylic acids is 1. The molecule has 5 heterocycles. The van der Waals surface area contributed by atoms with E-state index in [1.54, 1.807) is 0 Å². The number of carbonyl (C=O) groups is 1. The van der Waals surface area contributed by atoms with Gasteiger partial charge in [0.05, 0.1) is 43.7 Å². The highest BCUT2D eigenvalue weighted by Gasteiger charge is 2.51. The molecule has 0 saturated carbocycles. The van der Waals surface area contributed by atoms with Crippen molar-refractivity contribution in [2.24, 2.45) is 0 Å². The predicted molar refractivity (Wildman–Crippen MR) is 175 cm³/mol. The number of likely N-dealkylation sites (N-methyl/N-ethyl adjacent to an activating group) is 1. The topological polar surface area (TPSA) is 97.9 Å². The van der Waals surface area contributed by atoms with Crippen LogP contribution in [0, 0.1) is 18.3 Å². The first-order valence-corrected chi connectivity index (χ1v) is 16.1. The first kappa shape index (κ1) is 30.4. The van der Waals surface area contributed by atoms with Gasteiger partial charge in [-0.2, -0.15) is 10.2 Å². The van der Waals surface area contributed by atoms with Crippen molar-refractivity contribution in [1.29, 1.82) is 5.26 Å². The van der Waals surface area contributed by atoms with E-state index >= 15 is 0 Å². The molecule has 0 unspecified atom stereocenters. The maximum Gasteiger partial charge on any atom is 0.349 e. The maximum absolute atomic E-state index is 14.1. The molecule has 46 heavy (non-hydrogen) atoms. The van der Waals surface area contributed by atoms with Gasteiger partial charge < -0.3 is 24.3 Å². The summed E-state index contributed by atoms with van der Waals surface area (Å²) in [6.45, 7) is 9.95. The number of piperazine rings is 1. The molecule has 3 aromatic rings. The Morgan fingerprint density at radius 1 is 1.15 bits per heavy atom. The minimum Gasteiger partial charge on any atom is -0.379 e. The Morgan fingerprint density at radius 2 is 1.93 bits per heavy atom. The van der Waals surface area contributed by atoms with Crippen molar-refractivity contribution in [2.45, 2.75) is 56.8 Å². The SMILES string of the molecule is C=C(F)C(=O)N1CCN(c2nc(=O)n(C[C@@H]3CCCN3C)c3c2C2(COC2)CN(c2cccc4cccc(C)c24)C3)C[C@@H]1CC#N. The second kappa shape index (κ2) is 11.8. The summed E-state index contributed by atoms with van der Waals surface area (Å²) in [6.07, 6.45) is 2.15. The van der Waals surface area contributed by atoms with Crippen LogP contribution in [0.1, 0.15) is 36.1 Å². The number of hydrogen-bond donors (Lipinski definition) is 0. The number of aryl methyl sites for hydroxylation is 1. The van der Waals surface area contributed by atoms with Crippen LogP contribution in [0.3, 0.4) is 0 Å². The van der Waals surface area contributed by atoms with E-state index in [9.17, 15) is 19.2 Å². The van der Waals surface area contributed by atoms with Crippen LogP contribution >= 0.6 is 0 Å². The van der Waals surface area contributed by atoms with Crippen molar-refractivity contribution in [3.63, 3.8) is 0 Å². The summed E-state index contributed by atoms with van der Waals surface area (Å²) in [5.41, 5.74) is 3.61. The lowest BCUT2D eigenvalue weighted by molar-refractivity contribution is -0.131. The van der Waals surface area contributed by atoms with E-state index in [4.69, 9.17) is 9.72 Å². The summed E-state index contributed by atoms with van der Waals surface area (Å²) < 4.78 is 21.8. The summed E-state index contributed by atoms with van der Waals surface area (Å²) in [5.74, 6) is -1.24. The zero-order valence-corrected chi connectivity index (χ0v) is 26.5. The third-order valence-corrected chi connectivity index (χ3v) is 10.5. The number of nitriles is 1. The normalized spacial score (nSPS) is 22.5. The molecule has 7 rings (SSSR count). The molecule has 4 aliphatic rings. The molecule has 11 heteroatoms. The van der Waals surface area contributed by atoms with Crippen LogP contribution in [0.15, 0.2) is 53.6 Å². The monoisotopic (exact) mass is 625 g/mol. The Labute approximate surface area is 268 Å². The standard InChI is InChI=1S/C35H40FN7O3/c1-23-7-4-8-25-9-5-11-28(30(23)25)41-19-29-31(35(20-41)21-46-22-35)32(38-34(45)43(29)18-26-10-6-14-39(26)3)40-15-16-42(33(44)24(2)36)27(17-40)12-13-37/h4-5,7-9,11,26-27H,2,6,10,12,14-22H2,1,3H3/t26-,27-/m0/s1. The third-order valence-electron chi connectivity index (χ3n) is 10.5. The summed E-state index contributed by atoms with van der Waals surface area (Å²) in [4.78, 5) is 39.7. The van der Waals surface area contributed by atoms with Crippen LogP contribution in [0.25, 0.3) is 10.8 Å². The van der Waals surface area contributed by atoms with Crippen molar-refractivity contribution in [2.75, 3.05) is 62.8 Å². The van der Waals surface area contributed by atoms with Gasteiger partial charge in [-0.15, -0.1) is 0 Å². The van der Waals surface area contributed by atoms with Crippen LogP contribution in [0.5, 0.6) is 0 Å². The van der Waals surface area contributed by atoms with Crippen LogP contribution < -0.4 is 15.5 Å². The summed E-state index contributed by atoms with van der Waals surface area (Å²) in [6, 6.07) is 14.6. The number of amides is 1. The van der Waals surface area contributed by atoms with Crippen LogP contribution in [-0.2, 0) is 28.0 Å². The lowest BCUT2D eigenvalue weighted by Gasteiger charge is -2.52. The smallest absolute Gasteiger partial charge is 0.349 e. The molecular weight excluding hydrogens is 585 g/mol. The molecule has 4 aliphatic heterocycles. The fourth-order valence-electron chi connectivity index (χ4n) is 8.09. The van der Waals surface area contributed by atoms with Crippen molar-refractivity contribution in [1.82, 2.24) is 19.4 Å². The average molecular weight is 626 g/mol. The van der Waals surface area contributed by atoms with Gasteiger partial charge in [-0.3, -0.25) is 9.36 Å². The first-order chi connectivity index (χ1) is 22.2. The lowest BCUT2D eigenvalue weighted by Crippen LogP contribution is -2.61. The summed E-state index contributed by atoms with van der Waals surface area (Å²) >= 11 is 0. The van der Waals surface area contributed by atoms with E-state index in [0.29, 0.717) is 45.2 Å².